The third kappa shape index (κ3) is 4.92. The largest absolute Gasteiger partial charge is 0.463 e. The molecule has 3 heteroatoms. The molecule has 0 radical (unpaired) electrons. The summed E-state index contributed by atoms with van der Waals surface area (Å²) in [7, 11) is 4.08. The Morgan fingerprint density at radius 1 is 1.35 bits per heavy atom. The molecule has 0 saturated carbocycles. The van der Waals surface area contributed by atoms with Crippen molar-refractivity contribution >= 4 is 0 Å². The number of furan rings is 1. The Kier molecular flexibility index (Phi) is 4.78. The molecular weight excluding hydrogens is 212 g/mol. The number of nitrogens with zero attached hydrogens (tertiary/aromatic N) is 1. The van der Waals surface area contributed by atoms with Gasteiger partial charge in [0.25, 0.3) is 0 Å². The van der Waals surface area contributed by atoms with E-state index in [0.29, 0.717) is 5.41 Å². The Bertz CT molecular complexity index is 350. The van der Waals surface area contributed by atoms with Gasteiger partial charge in [0.15, 0.2) is 0 Å². The van der Waals surface area contributed by atoms with Crippen LogP contribution in [-0.2, 0) is 13.1 Å². The lowest BCUT2D eigenvalue weighted by molar-refractivity contribution is 0.206. The Hall–Kier alpha value is -0.800. The van der Waals surface area contributed by atoms with Gasteiger partial charge in [0.05, 0.1) is 13.1 Å². The molecule has 0 atom stereocenters. The monoisotopic (exact) mass is 238 g/mol. The molecule has 0 spiro atoms. The zero-order valence-corrected chi connectivity index (χ0v) is 12.1. The molecular formula is C14H26N2O. The highest BCUT2D eigenvalue weighted by Crippen LogP contribution is 2.19. The smallest absolute Gasteiger partial charge is 0.120 e. The predicted octanol–water partition coefficient (Wildman–Crippen LogP) is 2.79. The summed E-state index contributed by atoms with van der Waals surface area (Å²) in [5.74, 6) is 2.10. The van der Waals surface area contributed by atoms with Gasteiger partial charge < -0.3 is 9.73 Å². The first-order valence-corrected chi connectivity index (χ1v) is 6.23. The number of nitrogens with one attached hydrogen (secondary N) is 1. The fourth-order valence-corrected chi connectivity index (χ4v) is 2.14. The van der Waals surface area contributed by atoms with E-state index in [4.69, 9.17) is 4.42 Å². The van der Waals surface area contributed by atoms with Crippen molar-refractivity contribution in [2.45, 2.75) is 40.8 Å². The Balaban J connectivity index is 2.59. The molecule has 1 aromatic heterocycles. The standard InChI is InChI=1S/C14H26N2O/c1-11-7-12(17-13(11)8-15-5)9-16(6)10-14(2,3)4/h7,15H,8-10H2,1-6H3. The van der Waals surface area contributed by atoms with Crippen molar-refractivity contribution in [2.24, 2.45) is 5.41 Å². The zero-order chi connectivity index (χ0) is 13.1. The molecule has 0 amide bonds. The quantitative estimate of drug-likeness (QED) is 0.855. The summed E-state index contributed by atoms with van der Waals surface area (Å²) in [6.07, 6.45) is 0. The van der Waals surface area contributed by atoms with E-state index in [9.17, 15) is 0 Å². The molecule has 0 aliphatic carbocycles. The number of aryl methyl sites for hydroxylation is 1. The van der Waals surface area contributed by atoms with Crippen LogP contribution in [0.15, 0.2) is 10.5 Å². The van der Waals surface area contributed by atoms with Crippen molar-refractivity contribution in [3.8, 4) is 0 Å². The second-order valence-electron chi connectivity index (χ2n) is 6.08. The van der Waals surface area contributed by atoms with Gasteiger partial charge >= 0.3 is 0 Å². The minimum Gasteiger partial charge on any atom is -0.463 e. The lowest BCUT2D eigenvalue weighted by Crippen LogP contribution is -2.28. The molecule has 1 heterocycles. The summed E-state index contributed by atoms with van der Waals surface area (Å²) in [6.45, 7) is 11.6. The van der Waals surface area contributed by atoms with Crippen LogP contribution in [0.5, 0.6) is 0 Å². The molecule has 0 bridgehead atoms. The van der Waals surface area contributed by atoms with Crippen molar-refractivity contribution in [3.05, 3.63) is 23.2 Å². The van der Waals surface area contributed by atoms with Gasteiger partial charge in [-0.05, 0) is 38.1 Å². The lowest BCUT2D eigenvalue weighted by Gasteiger charge is -2.25. The second kappa shape index (κ2) is 5.69. The van der Waals surface area contributed by atoms with Crippen molar-refractivity contribution < 1.29 is 4.42 Å². The summed E-state index contributed by atoms with van der Waals surface area (Å²) in [4.78, 5) is 2.31. The van der Waals surface area contributed by atoms with Crippen LogP contribution in [0.4, 0.5) is 0 Å². The van der Waals surface area contributed by atoms with E-state index < -0.39 is 0 Å². The van der Waals surface area contributed by atoms with Gasteiger partial charge in [-0.25, -0.2) is 0 Å². The summed E-state index contributed by atoms with van der Waals surface area (Å²) in [5.41, 5.74) is 1.56. The third-order valence-corrected chi connectivity index (χ3v) is 2.58. The average Bonchev–Trinajstić information content (AvgIpc) is 2.43. The summed E-state index contributed by atoms with van der Waals surface area (Å²) in [6, 6.07) is 2.14. The predicted molar refractivity (Wildman–Crippen MR) is 72.0 cm³/mol. The maximum absolute atomic E-state index is 5.84. The number of hydrogen-bond acceptors (Lipinski definition) is 3. The van der Waals surface area contributed by atoms with Gasteiger partial charge in [0.1, 0.15) is 11.5 Å². The highest BCUT2D eigenvalue weighted by molar-refractivity contribution is 5.19. The molecule has 98 valence electrons. The van der Waals surface area contributed by atoms with Gasteiger partial charge in [-0.2, -0.15) is 0 Å². The molecule has 1 N–H and O–H groups in total. The molecule has 3 nitrogen and oxygen atoms in total. The molecule has 1 rings (SSSR count). The molecule has 0 aliphatic rings. The zero-order valence-electron chi connectivity index (χ0n) is 12.1. The Morgan fingerprint density at radius 2 is 2.00 bits per heavy atom. The van der Waals surface area contributed by atoms with Gasteiger partial charge in [-0.1, -0.05) is 20.8 Å². The molecule has 0 aliphatic heterocycles. The first-order chi connectivity index (χ1) is 7.81. The molecule has 0 saturated heterocycles. The minimum atomic E-state index is 0.324. The molecule has 0 unspecified atom stereocenters. The van der Waals surface area contributed by atoms with Crippen LogP contribution < -0.4 is 5.32 Å². The van der Waals surface area contributed by atoms with Gasteiger partial charge in [-0.15, -0.1) is 0 Å². The van der Waals surface area contributed by atoms with E-state index in [1.54, 1.807) is 0 Å². The van der Waals surface area contributed by atoms with Crippen molar-refractivity contribution in [1.82, 2.24) is 10.2 Å². The van der Waals surface area contributed by atoms with Crippen molar-refractivity contribution in [1.29, 1.82) is 0 Å². The summed E-state index contributed by atoms with van der Waals surface area (Å²) >= 11 is 0. The van der Waals surface area contributed by atoms with Crippen LogP contribution >= 0.6 is 0 Å². The van der Waals surface area contributed by atoms with Crippen LogP contribution in [0, 0.1) is 12.3 Å². The maximum Gasteiger partial charge on any atom is 0.120 e. The molecule has 1 aromatic rings. The Labute approximate surface area is 105 Å². The Morgan fingerprint density at radius 3 is 2.53 bits per heavy atom. The topological polar surface area (TPSA) is 28.4 Å². The maximum atomic E-state index is 5.84. The fraction of sp³-hybridized carbons (Fsp3) is 0.714. The lowest BCUT2D eigenvalue weighted by atomic mass is 9.96. The van der Waals surface area contributed by atoms with E-state index in [1.807, 2.05) is 7.05 Å². The highest BCUT2D eigenvalue weighted by Gasteiger charge is 2.15. The normalized spacial score (nSPS) is 12.4. The average molecular weight is 238 g/mol. The van der Waals surface area contributed by atoms with E-state index >= 15 is 0 Å². The fourth-order valence-electron chi connectivity index (χ4n) is 2.14. The van der Waals surface area contributed by atoms with Crippen molar-refractivity contribution in [2.75, 3.05) is 20.6 Å². The molecule has 0 aromatic carbocycles. The molecule has 0 fully saturated rings. The van der Waals surface area contributed by atoms with E-state index in [0.717, 1.165) is 31.2 Å². The van der Waals surface area contributed by atoms with Crippen LogP contribution in [0.1, 0.15) is 37.9 Å². The van der Waals surface area contributed by atoms with Crippen molar-refractivity contribution in [3.63, 3.8) is 0 Å². The van der Waals surface area contributed by atoms with Gasteiger partial charge in [-0.3, -0.25) is 4.90 Å². The van der Waals surface area contributed by atoms with Crippen LogP contribution in [0.2, 0.25) is 0 Å². The number of rotatable bonds is 5. The van der Waals surface area contributed by atoms with Gasteiger partial charge in [0, 0.05) is 6.54 Å². The van der Waals surface area contributed by atoms with E-state index in [-0.39, 0.29) is 0 Å². The summed E-state index contributed by atoms with van der Waals surface area (Å²) in [5, 5.41) is 3.12. The minimum absolute atomic E-state index is 0.324. The van der Waals surface area contributed by atoms with Crippen LogP contribution in [0.25, 0.3) is 0 Å². The summed E-state index contributed by atoms with van der Waals surface area (Å²) < 4.78 is 5.84. The first-order valence-electron chi connectivity index (χ1n) is 6.23. The first kappa shape index (κ1) is 14.3. The van der Waals surface area contributed by atoms with Crippen LogP contribution in [-0.4, -0.2) is 25.5 Å². The molecule has 17 heavy (non-hydrogen) atoms. The second-order valence-corrected chi connectivity index (χ2v) is 6.08. The van der Waals surface area contributed by atoms with Crippen LogP contribution in [0.3, 0.4) is 0 Å². The van der Waals surface area contributed by atoms with E-state index in [1.165, 1.54) is 5.56 Å². The van der Waals surface area contributed by atoms with Gasteiger partial charge in [0.2, 0.25) is 0 Å². The van der Waals surface area contributed by atoms with E-state index in [2.05, 4.69) is 51.0 Å². The SMILES string of the molecule is CNCc1oc(CN(C)CC(C)(C)C)cc1C. The number of hydrogen-bond donors (Lipinski definition) is 1. The highest BCUT2D eigenvalue weighted by atomic mass is 16.3. The third-order valence-electron chi connectivity index (χ3n) is 2.58.